The van der Waals surface area contributed by atoms with Crippen LogP contribution >= 0.6 is 34.8 Å². The molecular weight excluding hydrogens is 301 g/mol. The highest BCUT2D eigenvalue weighted by molar-refractivity contribution is 6.66. The van der Waals surface area contributed by atoms with E-state index in [1.165, 1.54) is 28.9 Å². The van der Waals surface area contributed by atoms with Crippen LogP contribution in [0, 0.1) is 5.82 Å². The van der Waals surface area contributed by atoms with Crippen LogP contribution < -0.4 is 5.73 Å². The Bertz CT molecular complexity index is 547. The molecular formula is C10H8Cl3FN4. The molecule has 4 nitrogen and oxygen atoms in total. The van der Waals surface area contributed by atoms with Crippen LogP contribution in [0.15, 0.2) is 24.3 Å². The summed E-state index contributed by atoms with van der Waals surface area (Å²) in [6.45, 7) is 0.0877. The van der Waals surface area contributed by atoms with Gasteiger partial charge in [-0.1, -0.05) is 40.0 Å². The van der Waals surface area contributed by atoms with Crippen molar-refractivity contribution >= 4 is 34.8 Å². The van der Waals surface area contributed by atoms with Gasteiger partial charge in [-0.05, 0) is 24.3 Å². The standard InChI is InChI=1S/C10H8Cl3FN4/c11-10(12,13)9-8(5-15)16-17-18(9)7-3-1-6(14)2-4-7/h1-4H,5,15H2. The number of benzene rings is 1. The molecule has 0 aliphatic carbocycles. The van der Waals surface area contributed by atoms with E-state index in [1.807, 2.05) is 0 Å². The van der Waals surface area contributed by atoms with Crippen LogP contribution in [0.1, 0.15) is 11.4 Å². The van der Waals surface area contributed by atoms with E-state index in [9.17, 15) is 4.39 Å². The minimum absolute atomic E-state index is 0.0877. The van der Waals surface area contributed by atoms with Crippen LogP contribution in [0.3, 0.4) is 0 Å². The molecule has 0 radical (unpaired) electrons. The zero-order valence-corrected chi connectivity index (χ0v) is 11.2. The van der Waals surface area contributed by atoms with E-state index in [-0.39, 0.29) is 18.1 Å². The van der Waals surface area contributed by atoms with Crippen molar-refractivity contribution in [3.63, 3.8) is 0 Å². The Morgan fingerprint density at radius 2 is 1.83 bits per heavy atom. The van der Waals surface area contributed by atoms with Crippen LogP contribution in [0.4, 0.5) is 4.39 Å². The molecule has 0 bridgehead atoms. The molecule has 1 aromatic heterocycles. The highest BCUT2D eigenvalue weighted by Gasteiger charge is 2.32. The number of hydrogen-bond acceptors (Lipinski definition) is 3. The molecule has 2 N–H and O–H groups in total. The van der Waals surface area contributed by atoms with Gasteiger partial charge in [0.2, 0.25) is 3.79 Å². The predicted octanol–water partition coefficient (Wildman–Crippen LogP) is 2.69. The van der Waals surface area contributed by atoms with Gasteiger partial charge in [0.15, 0.2) is 0 Å². The summed E-state index contributed by atoms with van der Waals surface area (Å²) < 4.78 is 12.5. The van der Waals surface area contributed by atoms with E-state index < -0.39 is 3.79 Å². The summed E-state index contributed by atoms with van der Waals surface area (Å²) in [5.74, 6) is -0.367. The Hall–Kier alpha value is -0.880. The van der Waals surface area contributed by atoms with Crippen molar-refractivity contribution in [2.45, 2.75) is 10.3 Å². The highest BCUT2D eigenvalue weighted by atomic mass is 35.6. The summed E-state index contributed by atoms with van der Waals surface area (Å²) in [7, 11) is 0. The highest BCUT2D eigenvalue weighted by Crippen LogP contribution is 2.40. The lowest BCUT2D eigenvalue weighted by Gasteiger charge is -2.14. The Morgan fingerprint density at radius 1 is 1.22 bits per heavy atom. The van der Waals surface area contributed by atoms with Crippen molar-refractivity contribution in [1.82, 2.24) is 15.0 Å². The maximum absolute atomic E-state index is 12.9. The minimum atomic E-state index is -1.72. The number of nitrogens with zero attached hydrogens (tertiary/aromatic N) is 3. The first kappa shape index (κ1) is 13.5. The Kier molecular flexibility index (Phi) is 3.77. The van der Waals surface area contributed by atoms with Crippen LogP contribution in [-0.2, 0) is 10.3 Å². The molecule has 18 heavy (non-hydrogen) atoms. The van der Waals surface area contributed by atoms with Crippen LogP contribution in [0.25, 0.3) is 5.69 Å². The van der Waals surface area contributed by atoms with Gasteiger partial charge in [0.05, 0.1) is 5.69 Å². The van der Waals surface area contributed by atoms with Crippen LogP contribution in [0.5, 0.6) is 0 Å². The minimum Gasteiger partial charge on any atom is -0.325 e. The number of halogens is 4. The van der Waals surface area contributed by atoms with E-state index in [1.54, 1.807) is 0 Å². The van der Waals surface area contributed by atoms with E-state index in [0.29, 0.717) is 11.4 Å². The third-order valence-electron chi connectivity index (χ3n) is 2.27. The number of hydrogen-bond donors (Lipinski definition) is 1. The molecule has 0 aliphatic heterocycles. The van der Waals surface area contributed by atoms with Gasteiger partial charge in [-0.3, -0.25) is 0 Å². The van der Waals surface area contributed by atoms with Gasteiger partial charge >= 0.3 is 0 Å². The van der Waals surface area contributed by atoms with Gasteiger partial charge in [0.1, 0.15) is 17.2 Å². The molecule has 1 heterocycles. The van der Waals surface area contributed by atoms with Gasteiger partial charge in [-0.25, -0.2) is 9.07 Å². The summed E-state index contributed by atoms with van der Waals surface area (Å²) in [4.78, 5) is 0. The molecule has 2 aromatic rings. The van der Waals surface area contributed by atoms with E-state index in [4.69, 9.17) is 40.5 Å². The Balaban J connectivity index is 2.58. The van der Waals surface area contributed by atoms with Gasteiger partial charge in [-0.15, -0.1) is 5.10 Å². The van der Waals surface area contributed by atoms with Crippen LogP contribution in [0.2, 0.25) is 0 Å². The molecule has 0 fully saturated rings. The second-order valence-corrected chi connectivity index (χ2v) is 5.76. The van der Waals surface area contributed by atoms with Crippen molar-refractivity contribution in [3.05, 3.63) is 41.5 Å². The second kappa shape index (κ2) is 5.01. The molecule has 0 aliphatic rings. The fourth-order valence-corrected chi connectivity index (χ4v) is 2.06. The van der Waals surface area contributed by atoms with Crippen molar-refractivity contribution in [2.24, 2.45) is 5.73 Å². The lowest BCUT2D eigenvalue weighted by atomic mass is 10.3. The molecule has 0 unspecified atom stereocenters. The molecule has 96 valence electrons. The zero-order chi connectivity index (χ0) is 13.3. The molecule has 2 rings (SSSR count). The summed E-state index contributed by atoms with van der Waals surface area (Å²) in [5.41, 5.74) is 6.67. The third-order valence-corrected chi connectivity index (χ3v) is 2.81. The second-order valence-electron chi connectivity index (χ2n) is 3.47. The van der Waals surface area contributed by atoms with Crippen molar-refractivity contribution in [1.29, 1.82) is 0 Å². The largest absolute Gasteiger partial charge is 0.325 e. The molecule has 1 aromatic carbocycles. The summed E-state index contributed by atoms with van der Waals surface area (Å²) >= 11 is 17.6. The number of rotatable bonds is 2. The molecule has 8 heteroatoms. The van der Waals surface area contributed by atoms with Crippen molar-refractivity contribution < 1.29 is 4.39 Å². The predicted molar refractivity (Wildman–Crippen MR) is 68.4 cm³/mol. The van der Waals surface area contributed by atoms with Gasteiger partial charge in [0, 0.05) is 6.54 Å². The first-order chi connectivity index (χ1) is 8.43. The average Bonchev–Trinajstić information content (AvgIpc) is 2.73. The fraction of sp³-hybridized carbons (Fsp3) is 0.200. The number of nitrogens with two attached hydrogens (primary N) is 1. The maximum Gasteiger partial charge on any atom is 0.234 e. The van der Waals surface area contributed by atoms with Gasteiger partial charge < -0.3 is 5.73 Å². The summed E-state index contributed by atoms with van der Waals surface area (Å²) in [6, 6.07) is 5.57. The maximum atomic E-state index is 12.9. The lowest BCUT2D eigenvalue weighted by Crippen LogP contribution is -2.14. The molecule has 0 atom stereocenters. The van der Waals surface area contributed by atoms with Crippen molar-refractivity contribution in [2.75, 3.05) is 0 Å². The molecule has 0 saturated carbocycles. The lowest BCUT2D eigenvalue weighted by molar-refractivity contribution is 0.626. The van der Waals surface area contributed by atoms with Crippen molar-refractivity contribution in [3.8, 4) is 5.69 Å². The smallest absolute Gasteiger partial charge is 0.234 e. The van der Waals surface area contributed by atoms with E-state index in [0.717, 1.165) is 0 Å². The Morgan fingerprint density at radius 3 is 2.33 bits per heavy atom. The molecule has 0 spiro atoms. The topological polar surface area (TPSA) is 56.7 Å². The quantitative estimate of drug-likeness (QED) is 0.868. The normalized spacial score (nSPS) is 11.8. The van der Waals surface area contributed by atoms with Gasteiger partial charge in [0.25, 0.3) is 0 Å². The molecule has 0 amide bonds. The zero-order valence-electron chi connectivity index (χ0n) is 8.95. The summed E-state index contributed by atoms with van der Waals surface area (Å²) in [6.07, 6.45) is 0. The molecule has 0 saturated heterocycles. The first-order valence-corrected chi connectivity index (χ1v) is 6.04. The van der Waals surface area contributed by atoms with E-state index in [2.05, 4.69) is 10.3 Å². The SMILES string of the molecule is NCc1nnn(-c2ccc(F)cc2)c1C(Cl)(Cl)Cl. The van der Waals surface area contributed by atoms with Crippen LogP contribution in [-0.4, -0.2) is 15.0 Å². The third kappa shape index (κ3) is 2.59. The monoisotopic (exact) mass is 308 g/mol. The average molecular weight is 310 g/mol. The summed E-state index contributed by atoms with van der Waals surface area (Å²) in [5, 5.41) is 7.71. The fourth-order valence-electron chi connectivity index (χ4n) is 1.50. The Labute approximate surface area is 117 Å². The van der Waals surface area contributed by atoms with Gasteiger partial charge in [-0.2, -0.15) is 0 Å². The first-order valence-electron chi connectivity index (χ1n) is 4.91. The number of alkyl halides is 3. The number of aromatic nitrogens is 3. The van der Waals surface area contributed by atoms with E-state index >= 15 is 0 Å².